The van der Waals surface area contributed by atoms with Crippen molar-refractivity contribution in [2.24, 2.45) is 5.10 Å². The molecule has 1 amide bonds. The SMILES string of the molecule is COc1ccc(C=NNC(=O)c2ccc(COc3ccc(I)cc3)o2)cc1Cn1cc([N+](=O)[O-])cn1. The number of hydrazone groups is 1. The van der Waals surface area contributed by atoms with Crippen molar-refractivity contribution in [2.75, 3.05) is 7.11 Å². The van der Waals surface area contributed by atoms with Crippen molar-refractivity contribution in [3.05, 3.63) is 103 Å². The van der Waals surface area contributed by atoms with E-state index in [1.807, 2.05) is 24.3 Å². The van der Waals surface area contributed by atoms with Gasteiger partial charge in [0.25, 0.3) is 0 Å². The number of hydrogen-bond donors (Lipinski definition) is 1. The maximum atomic E-state index is 12.4. The van der Waals surface area contributed by atoms with E-state index in [2.05, 4.69) is 38.2 Å². The van der Waals surface area contributed by atoms with Crippen LogP contribution in [0.3, 0.4) is 0 Å². The Morgan fingerprint density at radius 1 is 1.25 bits per heavy atom. The van der Waals surface area contributed by atoms with E-state index < -0.39 is 10.8 Å². The Labute approximate surface area is 219 Å². The lowest BCUT2D eigenvalue weighted by molar-refractivity contribution is -0.385. The van der Waals surface area contributed by atoms with Gasteiger partial charge in [0.15, 0.2) is 5.76 Å². The van der Waals surface area contributed by atoms with E-state index in [0.29, 0.717) is 22.8 Å². The molecule has 36 heavy (non-hydrogen) atoms. The van der Waals surface area contributed by atoms with Crippen LogP contribution in [0.15, 0.2) is 76.5 Å². The van der Waals surface area contributed by atoms with Crippen molar-refractivity contribution in [3.8, 4) is 11.5 Å². The Kier molecular flexibility index (Phi) is 7.95. The molecule has 0 atom stereocenters. The van der Waals surface area contributed by atoms with E-state index in [1.165, 1.54) is 30.4 Å². The molecule has 12 heteroatoms. The van der Waals surface area contributed by atoms with E-state index in [0.717, 1.165) is 9.13 Å². The number of aromatic nitrogens is 2. The molecule has 0 fully saturated rings. The number of halogens is 1. The minimum absolute atomic E-state index is 0.100. The molecule has 0 aliphatic carbocycles. The number of ether oxygens (including phenoxy) is 2. The summed E-state index contributed by atoms with van der Waals surface area (Å²) in [5.74, 6) is 1.38. The maximum Gasteiger partial charge on any atom is 0.307 e. The number of nitro groups is 1. The highest BCUT2D eigenvalue weighted by Crippen LogP contribution is 2.21. The second-order valence-corrected chi connectivity index (χ2v) is 8.68. The van der Waals surface area contributed by atoms with Gasteiger partial charge in [-0.2, -0.15) is 10.2 Å². The van der Waals surface area contributed by atoms with Crippen LogP contribution in [0, 0.1) is 13.7 Å². The Bertz CT molecular complexity index is 1400. The first kappa shape index (κ1) is 24.9. The minimum Gasteiger partial charge on any atom is -0.496 e. The smallest absolute Gasteiger partial charge is 0.307 e. The average Bonchev–Trinajstić information content (AvgIpc) is 3.54. The fourth-order valence-corrected chi connectivity index (χ4v) is 3.55. The summed E-state index contributed by atoms with van der Waals surface area (Å²) in [5.41, 5.74) is 3.74. The number of nitrogens with zero attached hydrogens (tertiary/aromatic N) is 4. The third-order valence-electron chi connectivity index (χ3n) is 4.93. The van der Waals surface area contributed by atoms with Crippen LogP contribution in [-0.2, 0) is 13.2 Å². The van der Waals surface area contributed by atoms with Gasteiger partial charge in [-0.1, -0.05) is 0 Å². The highest BCUT2D eigenvalue weighted by molar-refractivity contribution is 14.1. The molecule has 0 radical (unpaired) electrons. The number of methoxy groups -OCH3 is 1. The third kappa shape index (κ3) is 6.47. The Balaban J connectivity index is 1.35. The number of furan rings is 1. The first-order valence-electron chi connectivity index (χ1n) is 10.6. The van der Waals surface area contributed by atoms with E-state index in [-0.39, 0.29) is 24.6 Å². The van der Waals surface area contributed by atoms with Crippen LogP contribution in [0.2, 0.25) is 0 Å². The zero-order valence-corrected chi connectivity index (χ0v) is 21.1. The zero-order chi connectivity index (χ0) is 25.5. The Hall–Kier alpha value is -4.20. The van der Waals surface area contributed by atoms with Gasteiger partial charge in [-0.15, -0.1) is 0 Å². The van der Waals surface area contributed by atoms with E-state index in [9.17, 15) is 14.9 Å². The number of carbonyl (C=O) groups is 1. The summed E-state index contributed by atoms with van der Waals surface area (Å²) in [5, 5.41) is 18.9. The standard InChI is InChI=1S/C24H20IN5O6/c1-34-22-8-2-16(10-17(22)13-29-14-19(12-27-29)30(32)33)11-26-28-24(31)23-9-7-21(36-23)15-35-20-5-3-18(25)4-6-20/h2-12,14H,13,15H2,1H3,(H,28,31). The Morgan fingerprint density at radius 2 is 2.06 bits per heavy atom. The average molecular weight is 601 g/mol. The summed E-state index contributed by atoms with van der Waals surface area (Å²) >= 11 is 2.21. The van der Waals surface area contributed by atoms with E-state index in [4.69, 9.17) is 13.9 Å². The number of rotatable bonds is 10. The van der Waals surface area contributed by atoms with Gasteiger partial charge >= 0.3 is 11.6 Å². The summed E-state index contributed by atoms with van der Waals surface area (Å²) in [6, 6.07) is 16.1. The molecule has 0 aliphatic heterocycles. The molecule has 184 valence electrons. The molecule has 0 saturated carbocycles. The molecule has 4 rings (SSSR count). The molecular weight excluding hydrogens is 581 g/mol. The normalized spacial score (nSPS) is 10.9. The lowest BCUT2D eigenvalue weighted by atomic mass is 10.1. The predicted molar refractivity (Wildman–Crippen MR) is 138 cm³/mol. The molecule has 0 aliphatic rings. The monoisotopic (exact) mass is 601 g/mol. The van der Waals surface area contributed by atoms with Crippen molar-refractivity contribution in [2.45, 2.75) is 13.2 Å². The Morgan fingerprint density at radius 3 is 2.78 bits per heavy atom. The molecule has 4 aromatic rings. The van der Waals surface area contributed by atoms with Crippen molar-refractivity contribution < 1.29 is 23.6 Å². The third-order valence-corrected chi connectivity index (χ3v) is 5.65. The fraction of sp³-hybridized carbons (Fsp3) is 0.125. The largest absolute Gasteiger partial charge is 0.496 e. The van der Waals surface area contributed by atoms with Crippen LogP contribution in [0.25, 0.3) is 0 Å². The molecule has 0 spiro atoms. The molecule has 2 heterocycles. The number of nitrogens with one attached hydrogen (secondary N) is 1. The number of amides is 1. The second kappa shape index (κ2) is 11.5. The second-order valence-electron chi connectivity index (χ2n) is 7.43. The first-order valence-corrected chi connectivity index (χ1v) is 11.6. The van der Waals surface area contributed by atoms with Crippen molar-refractivity contribution in [1.29, 1.82) is 0 Å². The van der Waals surface area contributed by atoms with Gasteiger partial charge in [0.2, 0.25) is 0 Å². The highest BCUT2D eigenvalue weighted by Gasteiger charge is 2.13. The van der Waals surface area contributed by atoms with Crippen molar-refractivity contribution >= 4 is 40.4 Å². The molecule has 0 saturated heterocycles. The predicted octanol–water partition coefficient (Wildman–Crippen LogP) is 4.39. The van der Waals surface area contributed by atoms with E-state index >= 15 is 0 Å². The summed E-state index contributed by atoms with van der Waals surface area (Å²) in [4.78, 5) is 22.8. The van der Waals surface area contributed by atoms with Crippen LogP contribution >= 0.6 is 22.6 Å². The van der Waals surface area contributed by atoms with Gasteiger partial charge in [0.05, 0.1) is 24.8 Å². The number of carbonyl (C=O) groups excluding carboxylic acids is 1. The van der Waals surface area contributed by atoms with E-state index in [1.54, 1.807) is 30.3 Å². The van der Waals surface area contributed by atoms with Crippen molar-refractivity contribution in [3.63, 3.8) is 0 Å². The first-order chi connectivity index (χ1) is 17.4. The lowest BCUT2D eigenvalue weighted by Gasteiger charge is -2.09. The van der Waals surface area contributed by atoms with Crippen molar-refractivity contribution in [1.82, 2.24) is 15.2 Å². The maximum absolute atomic E-state index is 12.4. The van der Waals surface area contributed by atoms with Crippen LogP contribution in [0.1, 0.15) is 27.4 Å². The fourth-order valence-electron chi connectivity index (χ4n) is 3.19. The zero-order valence-electron chi connectivity index (χ0n) is 19.0. The van der Waals surface area contributed by atoms with Crippen LogP contribution in [0.5, 0.6) is 11.5 Å². The summed E-state index contributed by atoms with van der Waals surface area (Å²) in [6.07, 6.45) is 3.99. The summed E-state index contributed by atoms with van der Waals surface area (Å²) in [7, 11) is 1.53. The van der Waals surface area contributed by atoms with Crippen LogP contribution in [-0.4, -0.2) is 33.9 Å². The summed E-state index contributed by atoms with van der Waals surface area (Å²) in [6.45, 7) is 0.440. The molecule has 1 N–H and O–H groups in total. The number of benzene rings is 2. The quantitative estimate of drug-likeness (QED) is 0.123. The van der Waals surface area contributed by atoms with Crippen LogP contribution in [0.4, 0.5) is 5.69 Å². The molecular formula is C24H20IN5O6. The van der Waals surface area contributed by atoms with Gasteiger partial charge in [-0.25, -0.2) is 5.43 Å². The van der Waals surface area contributed by atoms with Gasteiger partial charge in [-0.05, 0) is 82.8 Å². The van der Waals surface area contributed by atoms with Gasteiger partial charge in [0.1, 0.15) is 36.3 Å². The lowest BCUT2D eigenvalue weighted by Crippen LogP contribution is -2.16. The molecule has 2 aromatic heterocycles. The molecule has 2 aromatic carbocycles. The highest BCUT2D eigenvalue weighted by atomic mass is 127. The summed E-state index contributed by atoms with van der Waals surface area (Å²) < 4.78 is 19.1. The van der Waals surface area contributed by atoms with Gasteiger partial charge in [0, 0.05) is 9.13 Å². The topological polar surface area (TPSA) is 134 Å². The van der Waals surface area contributed by atoms with Gasteiger partial charge in [-0.3, -0.25) is 19.6 Å². The molecule has 0 unspecified atom stereocenters. The number of hydrogen-bond acceptors (Lipinski definition) is 8. The van der Waals surface area contributed by atoms with Crippen LogP contribution < -0.4 is 14.9 Å². The van der Waals surface area contributed by atoms with Gasteiger partial charge < -0.3 is 13.9 Å². The minimum atomic E-state index is -0.510. The molecule has 0 bridgehead atoms. The molecule has 11 nitrogen and oxygen atoms in total.